The van der Waals surface area contributed by atoms with E-state index in [1.54, 1.807) is 12.1 Å². The Morgan fingerprint density at radius 3 is 2.76 bits per heavy atom. The Morgan fingerprint density at radius 2 is 2.03 bits per heavy atom. The summed E-state index contributed by atoms with van der Waals surface area (Å²) < 4.78 is 11.2. The summed E-state index contributed by atoms with van der Waals surface area (Å²) >= 11 is 1.27. The lowest BCUT2D eigenvalue weighted by molar-refractivity contribution is -0.112. The van der Waals surface area contributed by atoms with Gasteiger partial charge in [0.05, 0.1) is 13.2 Å². The minimum atomic E-state index is -0.526. The average molecular weight is 462 g/mol. The van der Waals surface area contributed by atoms with Crippen LogP contribution in [0.15, 0.2) is 54.1 Å². The van der Waals surface area contributed by atoms with Gasteiger partial charge in [0, 0.05) is 13.1 Å². The molecule has 0 unspecified atom stereocenters. The molecule has 0 spiro atoms. The normalized spacial score (nSPS) is 13.9. The van der Waals surface area contributed by atoms with Crippen LogP contribution in [0.25, 0.3) is 6.08 Å². The number of nitrogens with one attached hydrogen (secondary N) is 1. The van der Waals surface area contributed by atoms with E-state index in [0.717, 1.165) is 29.3 Å². The van der Waals surface area contributed by atoms with Gasteiger partial charge in [0.25, 0.3) is 5.91 Å². The van der Waals surface area contributed by atoms with Crippen LogP contribution >= 0.6 is 11.3 Å². The van der Waals surface area contributed by atoms with E-state index in [0.29, 0.717) is 30.7 Å². The fourth-order valence-electron chi connectivity index (χ4n) is 3.26. The van der Waals surface area contributed by atoms with Gasteiger partial charge in [0.2, 0.25) is 10.3 Å². The van der Waals surface area contributed by atoms with Crippen molar-refractivity contribution in [2.75, 3.05) is 36.5 Å². The minimum Gasteiger partial charge on any atom is -0.489 e. The van der Waals surface area contributed by atoms with Gasteiger partial charge in [-0.25, -0.2) is 0 Å². The topological polar surface area (TPSA) is 100 Å². The molecule has 168 valence electrons. The second-order valence-electron chi connectivity index (χ2n) is 7.46. The van der Waals surface area contributed by atoms with Gasteiger partial charge in [-0.15, -0.1) is 10.2 Å². The summed E-state index contributed by atoms with van der Waals surface area (Å²) in [6.45, 7) is 5.25. The molecule has 2 heterocycles. The number of rotatable bonds is 7. The summed E-state index contributed by atoms with van der Waals surface area (Å²) in [6.07, 6.45) is 1.53. The van der Waals surface area contributed by atoms with Crippen LogP contribution in [0.3, 0.4) is 0 Å². The van der Waals surface area contributed by atoms with Crippen molar-refractivity contribution in [3.05, 3.63) is 70.8 Å². The first-order valence-corrected chi connectivity index (χ1v) is 11.3. The van der Waals surface area contributed by atoms with Gasteiger partial charge in [-0.2, -0.15) is 5.26 Å². The fraction of sp³-hybridized carbons (Fsp3) is 0.250. The molecule has 1 fully saturated rings. The van der Waals surface area contributed by atoms with Crippen molar-refractivity contribution < 1.29 is 14.3 Å². The third kappa shape index (κ3) is 6.16. The molecule has 0 aliphatic carbocycles. The van der Waals surface area contributed by atoms with Crippen molar-refractivity contribution in [2.45, 2.75) is 13.5 Å². The summed E-state index contributed by atoms with van der Waals surface area (Å²) in [4.78, 5) is 14.6. The number of aryl methyl sites for hydroxylation is 1. The van der Waals surface area contributed by atoms with E-state index >= 15 is 0 Å². The number of amides is 1. The molecule has 1 aliphatic heterocycles. The molecule has 33 heavy (non-hydrogen) atoms. The number of ether oxygens (including phenoxy) is 2. The monoisotopic (exact) mass is 461 g/mol. The molecule has 0 atom stereocenters. The highest BCUT2D eigenvalue weighted by Crippen LogP contribution is 2.25. The summed E-state index contributed by atoms with van der Waals surface area (Å²) in [5.41, 5.74) is 2.98. The zero-order valence-electron chi connectivity index (χ0n) is 18.2. The summed E-state index contributed by atoms with van der Waals surface area (Å²) in [7, 11) is 0. The number of aromatic nitrogens is 2. The van der Waals surface area contributed by atoms with Crippen molar-refractivity contribution >= 4 is 33.6 Å². The molecule has 4 rings (SSSR count). The molecule has 8 nitrogen and oxygen atoms in total. The third-order valence-corrected chi connectivity index (χ3v) is 5.86. The highest BCUT2D eigenvalue weighted by Gasteiger charge is 2.18. The predicted octanol–water partition coefficient (Wildman–Crippen LogP) is 3.81. The lowest BCUT2D eigenvalue weighted by atomic mass is 10.1. The van der Waals surface area contributed by atoms with E-state index in [1.807, 2.05) is 43.3 Å². The number of carbonyl (C=O) groups excluding carboxylic acids is 1. The number of benzene rings is 2. The first-order valence-electron chi connectivity index (χ1n) is 10.5. The molecule has 3 aromatic rings. The number of morpholine rings is 1. The quantitative estimate of drug-likeness (QED) is 0.422. The van der Waals surface area contributed by atoms with Crippen molar-refractivity contribution in [1.82, 2.24) is 10.2 Å². The second kappa shape index (κ2) is 10.7. The SMILES string of the molecule is Cc1cccc(COc2ccc(/C=C(/C#N)C(=O)Nc3nnc(N4CCOCC4)s3)cc2)c1. The Balaban J connectivity index is 1.36. The average Bonchev–Trinajstić information content (AvgIpc) is 3.31. The zero-order chi connectivity index (χ0) is 23.0. The molecule has 2 aromatic carbocycles. The Bertz CT molecular complexity index is 1180. The van der Waals surface area contributed by atoms with Crippen LogP contribution in [0, 0.1) is 18.3 Å². The van der Waals surface area contributed by atoms with E-state index in [4.69, 9.17) is 9.47 Å². The fourth-order valence-corrected chi connectivity index (χ4v) is 4.05. The Labute approximate surface area is 196 Å². The van der Waals surface area contributed by atoms with Crippen LogP contribution in [0.1, 0.15) is 16.7 Å². The van der Waals surface area contributed by atoms with Crippen LogP contribution < -0.4 is 15.0 Å². The minimum absolute atomic E-state index is 0.0217. The van der Waals surface area contributed by atoms with Crippen LogP contribution in [-0.2, 0) is 16.1 Å². The Kier molecular flexibility index (Phi) is 7.29. The summed E-state index contributed by atoms with van der Waals surface area (Å²) in [6, 6.07) is 17.3. The maximum absolute atomic E-state index is 12.6. The maximum Gasteiger partial charge on any atom is 0.268 e. The summed E-state index contributed by atoms with van der Waals surface area (Å²) in [5.74, 6) is 0.183. The standard InChI is InChI=1S/C24H23N5O3S/c1-17-3-2-4-19(13-17)16-32-21-7-5-18(6-8-21)14-20(15-25)22(30)26-23-27-28-24(33-23)29-9-11-31-12-10-29/h2-8,13-14H,9-12,16H2,1H3,(H,26,27,30)/b20-14-. The number of hydrogen-bond acceptors (Lipinski definition) is 8. The number of nitriles is 1. The smallest absolute Gasteiger partial charge is 0.268 e. The van der Waals surface area contributed by atoms with E-state index in [9.17, 15) is 10.1 Å². The molecule has 0 saturated carbocycles. The lowest BCUT2D eigenvalue weighted by Gasteiger charge is -2.25. The molecule has 1 saturated heterocycles. The highest BCUT2D eigenvalue weighted by atomic mass is 32.1. The number of hydrogen-bond donors (Lipinski definition) is 1. The first kappa shape index (κ1) is 22.5. The van der Waals surface area contributed by atoms with E-state index < -0.39 is 5.91 Å². The van der Waals surface area contributed by atoms with Crippen LogP contribution in [0.4, 0.5) is 10.3 Å². The molecular weight excluding hydrogens is 438 g/mol. The first-order chi connectivity index (χ1) is 16.1. The van der Waals surface area contributed by atoms with Gasteiger partial charge in [-0.1, -0.05) is 53.3 Å². The van der Waals surface area contributed by atoms with Gasteiger partial charge < -0.3 is 14.4 Å². The molecular formula is C24H23N5O3S. The van der Waals surface area contributed by atoms with Gasteiger partial charge in [0.15, 0.2) is 0 Å². The van der Waals surface area contributed by atoms with Crippen molar-refractivity contribution in [2.24, 2.45) is 0 Å². The van der Waals surface area contributed by atoms with E-state index in [2.05, 4.69) is 26.5 Å². The van der Waals surface area contributed by atoms with Crippen LogP contribution in [-0.4, -0.2) is 42.4 Å². The molecule has 1 amide bonds. The number of nitrogens with zero attached hydrogens (tertiary/aromatic N) is 4. The second-order valence-corrected chi connectivity index (χ2v) is 8.42. The van der Waals surface area contributed by atoms with Gasteiger partial charge >= 0.3 is 0 Å². The van der Waals surface area contributed by atoms with Gasteiger partial charge in [0.1, 0.15) is 24.0 Å². The molecule has 1 aromatic heterocycles. The molecule has 1 aliphatic rings. The lowest BCUT2D eigenvalue weighted by Crippen LogP contribution is -2.36. The van der Waals surface area contributed by atoms with E-state index in [-0.39, 0.29) is 5.57 Å². The highest BCUT2D eigenvalue weighted by molar-refractivity contribution is 7.19. The van der Waals surface area contributed by atoms with Crippen molar-refractivity contribution in [3.63, 3.8) is 0 Å². The van der Waals surface area contributed by atoms with Gasteiger partial charge in [-0.3, -0.25) is 10.1 Å². The zero-order valence-corrected chi connectivity index (χ0v) is 19.0. The molecule has 1 N–H and O–H groups in total. The maximum atomic E-state index is 12.6. The largest absolute Gasteiger partial charge is 0.489 e. The van der Waals surface area contributed by atoms with Crippen molar-refractivity contribution in [3.8, 4) is 11.8 Å². The Hall–Kier alpha value is -3.74. The van der Waals surface area contributed by atoms with Crippen molar-refractivity contribution in [1.29, 1.82) is 5.26 Å². The number of anilines is 2. The van der Waals surface area contributed by atoms with E-state index in [1.165, 1.54) is 23.0 Å². The molecule has 0 bridgehead atoms. The van der Waals surface area contributed by atoms with Crippen LogP contribution in [0.2, 0.25) is 0 Å². The predicted molar refractivity (Wildman–Crippen MR) is 127 cm³/mol. The van der Waals surface area contributed by atoms with Crippen LogP contribution in [0.5, 0.6) is 5.75 Å². The number of carbonyl (C=O) groups is 1. The van der Waals surface area contributed by atoms with Gasteiger partial charge in [-0.05, 0) is 36.3 Å². The molecule has 0 radical (unpaired) electrons. The third-order valence-electron chi connectivity index (χ3n) is 4.96. The Morgan fingerprint density at radius 1 is 1.24 bits per heavy atom. The molecule has 9 heteroatoms. The summed E-state index contributed by atoms with van der Waals surface area (Å²) in [5, 5.41) is 21.3.